The number of hydrogen-bond acceptors (Lipinski definition) is 7. The Morgan fingerprint density at radius 2 is 0.944 bits per heavy atom. The van der Waals surface area contributed by atoms with Crippen molar-refractivity contribution in [2.45, 2.75) is 198 Å². The highest BCUT2D eigenvalue weighted by Crippen LogP contribution is 2.48. The zero-order valence-corrected chi connectivity index (χ0v) is 41.5. The zero-order chi connectivity index (χ0) is 50.4. The van der Waals surface area contributed by atoms with Crippen molar-refractivity contribution in [1.82, 2.24) is 9.80 Å². The number of benzene rings is 4. The largest absolute Gasteiger partial charge is 0.490 e. The summed E-state index contributed by atoms with van der Waals surface area (Å²) in [5, 5.41) is 11.1. The van der Waals surface area contributed by atoms with Gasteiger partial charge in [-0.1, -0.05) is 62.4 Å². The number of carboxylic acid groups (broad SMARTS) is 1. The monoisotopic (exact) mass is 993 g/mol. The van der Waals surface area contributed by atoms with Gasteiger partial charge in [0.25, 0.3) is 0 Å². The van der Waals surface area contributed by atoms with E-state index in [-0.39, 0.29) is 82.6 Å². The number of aliphatic carboxylic acids is 1. The fraction of sp³-hybridized carbons (Fsp3) is 0.614. The quantitative estimate of drug-likeness (QED) is 0.117. The Kier molecular flexibility index (Phi) is 15.3. The van der Waals surface area contributed by atoms with Crippen molar-refractivity contribution < 1.29 is 55.2 Å². The Balaban J connectivity index is 0.000000176. The van der Waals surface area contributed by atoms with Gasteiger partial charge in [-0.3, -0.25) is 19.4 Å². The van der Waals surface area contributed by atoms with Crippen molar-refractivity contribution in [3.63, 3.8) is 0 Å². The number of carboxylic acids is 1. The van der Waals surface area contributed by atoms with E-state index in [0.717, 1.165) is 77.0 Å². The lowest BCUT2D eigenvalue weighted by molar-refractivity contribution is -0.155. The third-order valence-electron chi connectivity index (χ3n) is 16.8. The van der Waals surface area contributed by atoms with Gasteiger partial charge in [0.1, 0.15) is 22.6 Å². The van der Waals surface area contributed by atoms with Crippen LogP contribution in [0.3, 0.4) is 0 Å². The molecule has 71 heavy (non-hydrogen) atoms. The van der Waals surface area contributed by atoms with Crippen LogP contribution in [0.1, 0.15) is 153 Å². The topological polar surface area (TPSA) is 88.5 Å². The highest BCUT2D eigenvalue weighted by atomic mass is 19.4. The molecule has 1 N–H and O–H groups in total. The summed E-state index contributed by atoms with van der Waals surface area (Å²) >= 11 is 0. The van der Waals surface area contributed by atoms with Crippen LogP contribution in [0.25, 0.3) is 21.5 Å². The van der Waals surface area contributed by atoms with Crippen LogP contribution in [0, 0.1) is 23.7 Å². The average Bonchev–Trinajstić information content (AvgIpc) is 3.66. The van der Waals surface area contributed by atoms with E-state index in [9.17, 15) is 41.0 Å². The Morgan fingerprint density at radius 3 is 1.30 bits per heavy atom. The summed E-state index contributed by atoms with van der Waals surface area (Å²) in [5.74, 6) is -0.333. The fourth-order valence-corrected chi connectivity index (χ4v) is 13.1. The number of nitrogens with zero attached hydrogens (tertiary/aromatic N) is 2. The van der Waals surface area contributed by atoms with Crippen molar-refractivity contribution in [1.29, 1.82) is 0 Å². The van der Waals surface area contributed by atoms with Crippen LogP contribution in [0.5, 0.6) is 11.5 Å². The SMILES string of the molecule is CC1CCC(Oc2ccc3cccc(CN4C5CCC4CC(C(=O)O)C5)c3c2C(F)(F)F)CC1.CC1CCC(Oc2ccc3cccc(CN4C5CCC4CC(C(=O)OC(C)C)C5)c3c2C(F)(F)F)CC1. The standard InChI is InChI=1S/C30H38F3NO3.C27H32F3NO3/c1-18(2)36-29(35)22-15-23-10-11-24(16-22)34(23)17-21-6-4-5-20-9-14-26(28(27(20)21)30(31,32)33)37-25-12-7-19(3)8-13-25;1-16-5-10-22(11-6-16)34-23-12-7-17-3-2-4-18(24(17)25(23)27(28,29)30)15-31-20-8-9-21(31)14-19(13-20)26(32)33/h4-6,9,14,18-19,22-25H,7-8,10-13,15-17H2,1-3H3;2-4,7,12,16,19-22H,5-6,8-11,13-15H2,1H3,(H,32,33). The van der Waals surface area contributed by atoms with Crippen molar-refractivity contribution in [2.75, 3.05) is 0 Å². The summed E-state index contributed by atoms with van der Waals surface area (Å²) in [6, 6.07) is 17.8. The highest BCUT2D eigenvalue weighted by molar-refractivity contribution is 5.92. The maximum absolute atomic E-state index is 14.6. The van der Waals surface area contributed by atoms with Gasteiger partial charge in [0.2, 0.25) is 0 Å². The first-order valence-electron chi connectivity index (χ1n) is 26.3. The predicted octanol–water partition coefficient (Wildman–Crippen LogP) is 14.2. The Morgan fingerprint density at radius 1 is 0.563 bits per heavy atom. The minimum atomic E-state index is -4.54. The van der Waals surface area contributed by atoms with E-state index < -0.39 is 29.4 Å². The number of esters is 1. The molecule has 4 bridgehead atoms. The first-order valence-corrected chi connectivity index (χ1v) is 26.3. The summed E-state index contributed by atoms with van der Waals surface area (Å²) in [6.45, 7) is 8.90. The molecule has 2 saturated carbocycles. The molecule has 4 aromatic rings. The molecule has 6 fully saturated rings. The number of halogens is 6. The van der Waals surface area contributed by atoms with Gasteiger partial charge in [-0.2, -0.15) is 26.3 Å². The van der Waals surface area contributed by atoms with Crippen LogP contribution in [-0.2, 0) is 39.8 Å². The third-order valence-corrected chi connectivity index (χ3v) is 16.8. The van der Waals surface area contributed by atoms with E-state index in [2.05, 4.69) is 23.6 Å². The molecule has 4 atom stereocenters. The van der Waals surface area contributed by atoms with Crippen LogP contribution in [0.15, 0.2) is 60.7 Å². The molecule has 4 unspecified atom stereocenters. The number of ether oxygens (including phenoxy) is 3. The lowest BCUT2D eigenvalue weighted by atomic mass is 9.88. The van der Waals surface area contributed by atoms with Gasteiger partial charge in [0.15, 0.2) is 0 Å². The van der Waals surface area contributed by atoms with Crippen molar-refractivity contribution in [3.05, 3.63) is 82.9 Å². The minimum absolute atomic E-state index is 0.0508. The fourth-order valence-electron chi connectivity index (χ4n) is 13.1. The molecule has 2 aliphatic carbocycles. The molecule has 4 saturated heterocycles. The lowest BCUT2D eigenvalue weighted by Crippen LogP contribution is -2.44. The van der Waals surface area contributed by atoms with Crippen molar-refractivity contribution in [3.8, 4) is 11.5 Å². The molecule has 4 aliphatic heterocycles. The van der Waals surface area contributed by atoms with Gasteiger partial charge in [0, 0.05) is 48.0 Å². The van der Waals surface area contributed by atoms with Gasteiger partial charge >= 0.3 is 24.3 Å². The second-order valence-corrected chi connectivity index (χ2v) is 22.2. The van der Waals surface area contributed by atoms with Crippen LogP contribution in [0.4, 0.5) is 26.3 Å². The molecule has 4 aromatic carbocycles. The molecule has 0 amide bonds. The van der Waals surface area contributed by atoms with Crippen LogP contribution in [0.2, 0.25) is 0 Å². The Labute approximate surface area is 413 Å². The molecule has 10 rings (SSSR count). The van der Waals surface area contributed by atoms with E-state index in [0.29, 0.717) is 72.5 Å². The summed E-state index contributed by atoms with van der Waals surface area (Å²) in [7, 11) is 0. The molecular weight excluding hydrogens is 923 g/mol. The molecule has 0 spiro atoms. The molecule has 14 heteroatoms. The van der Waals surface area contributed by atoms with Gasteiger partial charge in [-0.25, -0.2) is 0 Å². The van der Waals surface area contributed by atoms with E-state index in [1.165, 1.54) is 12.1 Å². The maximum atomic E-state index is 14.6. The van der Waals surface area contributed by atoms with Crippen molar-refractivity contribution >= 4 is 33.5 Å². The third kappa shape index (κ3) is 11.5. The summed E-state index contributed by atoms with van der Waals surface area (Å²) in [6.07, 6.45) is 3.72. The molecule has 0 aromatic heterocycles. The van der Waals surface area contributed by atoms with Gasteiger partial charge in [0.05, 0.1) is 30.1 Å². The number of piperidine rings is 2. The predicted molar refractivity (Wildman–Crippen MR) is 261 cm³/mol. The van der Waals surface area contributed by atoms with E-state index >= 15 is 0 Å². The number of hydrogen-bond donors (Lipinski definition) is 1. The second-order valence-electron chi connectivity index (χ2n) is 22.2. The zero-order valence-electron chi connectivity index (χ0n) is 41.5. The molecule has 8 nitrogen and oxygen atoms in total. The van der Waals surface area contributed by atoms with Gasteiger partial charge in [-0.15, -0.1) is 0 Å². The number of carbonyl (C=O) groups excluding carboxylic acids is 1. The summed E-state index contributed by atoms with van der Waals surface area (Å²) < 4.78 is 105. The summed E-state index contributed by atoms with van der Waals surface area (Å²) in [4.78, 5) is 28.7. The maximum Gasteiger partial charge on any atom is 0.420 e. The van der Waals surface area contributed by atoms with E-state index in [1.807, 2.05) is 32.0 Å². The molecule has 0 radical (unpaired) electrons. The van der Waals surface area contributed by atoms with Crippen LogP contribution >= 0.6 is 0 Å². The first kappa shape index (κ1) is 51.3. The minimum Gasteiger partial charge on any atom is -0.490 e. The van der Waals surface area contributed by atoms with Crippen molar-refractivity contribution in [2.24, 2.45) is 23.7 Å². The highest BCUT2D eigenvalue weighted by Gasteiger charge is 2.46. The normalized spacial score (nSPS) is 29.2. The number of alkyl halides is 6. The Bertz CT molecular complexity index is 2500. The molecule has 386 valence electrons. The first-order chi connectivity index (χ1) is 33.8. The van der Waals surface area contributed by atoms with E-state index in [4.69, 9.17) is 14.2 Å². The number of fused-ring (bicyclic) bond motifs is 6. The van der Waals surface area contributed by atoms with Crippen LogP contribution < -0.4 is 9.47 Å². The summed E-state index contributed by atoms with van der Waals surface area (Å²) in [5.41, 5.74) is -0.0141. The smallest absolute Gasteiger partial charge is 0.420 e. The van der Waals surface area contributed by atoms with E-state index in [1.54, 1.807) is 30.3 Å². The van der Waals surface area contributed by atoms with Gasteiger partial charge < -0.3 is 19.3 Å². The molecular formula is C57H70F6N2O6. The number of rotatable bonds is 11. The second kappa shape index (κ2) is 21.1. The molecule has 4 heterocycles. The Hall–Kier alpha value is -4.56. The molecule has 6 aliphatic rings. The number of carbonyl (C=O) groups is 2. The lowest BCUT2D eigenvalue weighted by Gasteiger charge is -2.38. The average molecular weight is 993 g/mol. The van der Waals surface area contributed by atoms with Gasteiger partial charge in [-0.05, 0) is 162 Å². The van der Waals surface area contributed by atoms with Crippen LogP contribution in [-0.4, -0.2) is 69.3 Å².